The van der Waals surface area contributed by atoms with Gasteiger partial charge in [0, 0.05) is 15.9 Å². The summed E-state index contributed by atoms with van der Waals surface area (Å²) < 4.78 is 5.65. The van der Waals surface area contributed by atoms with Gasteiger partial charge in [0.15, 0.2) is 5.25 Å². The third kappa shape index (κ3) is 5.79. The standard InChI is InChI=1S/C18H28ClO8S/c19-11-4-2-1-3-10(11)7-27-18(17(26)12(22)5-20)14(24)9-28-8-13(23)16(25)15(28)6-21/h1-4,12-18,20-26H,5-9H2/q+1/t12-,13+,14+,15+,16-,17+,18-,28?/m0/s1. The predicted molar refractivity (Wildman–Crippen MR) is 105 cm³/mol. The van der Waals surface area contributed by atoms with Crippen LogP contribution >= 0.6 is 11.6 Å². The molecule has 0 bridgehead atoms. The molecule has 1 aromatic carbocycles. The molecule has 7 N–H and O–H groups in total. The van der Waals surface area contributed by atoms with E-state index in [1.807, 2.05) is 0 Å². The van der Waals surface area contributed by atoms with Crippen molar-refractivity contribution in [3.05, 3.63) is 34.9 Å². The second-order valence-electron chi connectivity index (χ2n) is 6.82. The van der Waals surface area contributed by atoms with Crippen LogP contribution in [0.3, 0.4) is 0 Å². The molecule has 1 aliphatic rings. The van der Waals surface area contributed by atoms with E-state index in [1.54, 1.807) is 24.3 Å². The normalized spacial score (nSPS) is 29.4. The summed E-state index contributed by atoms with van der Waals surface area (Å²) in [5.74, 6) is 0.251. The topological polar surface area (TPSA) is 151 Å². The van der Waals surface area contributed by atoms with Gasteiger partial charge in [0.05, 0.1) is 19.8 Å². The number of aliphatic hydroxyl groups is 7. The Hall–Kier alpha value is -0.460. The quantitative estimate of drug-likeness (QED) is 0.207. The van der Waals surface area contributed by atoms with E-state index in [-0.39, 0.29) is 24.7 Å². The minimum Gasteiger partial charge on any atom is -0.394 e. The fourth-order valence-electron chi connectivity index (χ4n) is 3.17. The van der Waals surface area contributed by atoms with Gasteiger partial charge in [0.2, 0.25) is 0 Å². The first-order chi connectivity index (χ1) is 13.3. The minimum absolute atomic E-state index is 0.0426. The zero-order valence-corrected chi connectivity index (χ0v) is 16.8. The number of ether oxygens (including phenoxy) is 1. The van der Waals surface area contributed by atoms with Gasteiger partial charge in [-0.3, -0.25) is 0 Å². The van der Waals surface area contributed by atoms with Crippen LogP contribution < -0.4 is 0 Å². The van der Waals surface area contributed by atoms with E-state index in [1.165, 1.54) is 0 Å². The predicted octanol–water partition coefficient (Wildman–Crippen LogP) is -1.99. The van der Waals surface area contributed by atoms with Gasteiger partial charge in [-0.2, -0.15) is 0 Å². The Kier molecular flexibility index (Phi) is 9.42. The molecule has 0 saturated carbocycles. The second-order valence-corrected chi connectivity index (χ2v) is 9.58. The van der Waals surface area contributed by atoms with Crippen molar-refractivity contribution < 1.29 is 40.5 Å². The van der Waals surface area contributed by atoms with Gasteiger partial charge in [0.1, 0.15) is 48.1 Å². The summed E-state index contributed by atoms with van der Waals surface area (Å²) in [6.45, 7) is -1.11. The molecule has 1 saturated heterocycles. The number of aliphatic hydroxyl groups excluding tert-OH is 7. The van der Waals surface area contributed by atoms with Gasteiger partial charge in [-0.1, -0.05) is 29.8 Å². The van der Waals surface area contributed by atoms with Gasteiger partial charge in [0.25, 0.3) is 0 Å². The Balaban J connectivity index is 2.10. The average molecular weight is 440 g/mol. The highest BCUT2D eigenvalue weighted by Crippen LogP contribution is 2.26. The molecule has 0 amide bonds. The van der Waals surface area contributed by atoms with Crippen molar-refractivity contribution in [2.45, 2.75) is 48.5 Å². The number of benzene rings is 1. The van der Waals surface area contributed by atoms with E-state index in [9.17, 15) is 30.6 Å². The monoisotopic (exact) mass is 439 g/mol. The molecule has 0 radical (unpaired) electrons. The molecule has 1 aromatic rings. The molecule has 1 fully saturated rings. The number of hydrogen-bond acceptors (Lipinski definition) is 8. The van der Waals surface area contributed by atoms with Crippen molar-refractivity contribution in [3.63, 3.8) is 0 Å². The van der Waals surface area contributed by atoms with Crippen LogP contribution in [0.5, 0.6) is 0 Å². The van der Waals surface area contributed by atoms with E-state index in [4.69, 9.17) is 21.4 Å². The van der Waals surface area contributed by atoms with Crippen LogP contribution in [0.15, 0.2) is 24.3 Å². The molecule has 8 atom stereocenters. The van der Waals surface area contributed by atoms with Gasteiger partial charge < -0.3 is 40.5 Å². The molecule has 0 aliphatic carbocycles. The number of rotatable bonds is 10. The Morgan fingerprint density at radius 3 is 2.39 bits per heavy atom. The Labute approximate surface area is 171 Å². The van der Waals surface area contributed by atoms with Crippen molar-refractivity contribution in [3.8, 4) is 0 Å². The Bertz CT molecular complexity index is 609. The third-order valence-corrected chi connectivity index (χ3v) is 8.03. The fraction of sp³-hybridized carbons (Fsp3) is 0.667. The van der Waals surface area contributed by atoms with Crippen LogP contribution in [0.25, 0.3) is 0 Å². The summed E-state index contributed by atoms with van der Waals surface area (Å²) in [6, 6.07) is 6.88. The molecule has 1 aliphatic heterocycles. The summed E-state index contributed by atoms with van der Waals surface area (Å²) in [7, 11) is -0.721. The number of hydrogen-bond donors (Lipinski definition) is 7. The van der Waals surface area contributed by atoms with Gasteiger partial charge in [-0.05, 0) is 11.6 Å². The third-order valence-electron chi connectivity index (χ3n) is 4.84. The highest BCUT2D eigenvalue weighted by atomic mass is 35.5. The molecule has 10 heteroatoms. The largest absolute Gasteiger partial charge is 0.394 e. The summed E-state index contributed by atoms with van der Waals surface area (Å²) in [5.41, 5.74) is 0.620. The molecule has 1 heterocycles. The van der Waals surface area contributed by atoms with Gasteiger partial charge in [-0.15, -0.1) is 0 Å². The molecular formula is C18H28ClO8S+. The lowest BCUT2D eigenvalue weighted by Gasteiger charge is -2.30. The maximum Gasteiger partial charge on any atom is 0.169 e. The average Bonchev–Trinajstić information content (AvgIpc) is 2.95. The van der Waals surface area contributed by atoms with Crippen LogP contribution in [0, 0.1) is 0 Å². The van der Waals surface area contributed by atoms with E-state index in [2.05, 4.69) is 0 Å². The van der Waals surface area contributed by atoms with Crippen LogP contribution in [-0.4, -0.2) is 102 Å². The first kappa shape index (κ1) is 23.8. The molecule has 160 valence electrons. The van der Waals surface area contributed by atoms with E-state index in [0.717, 1.165) is 0 Å². The zero-order chi connectivity index (χ0) is 20.8. The van der Waals surface area contributed by atoms with Gasteiger partial charge >= 0.3 is 0 Å². The van der Waals surface area contributed by atoms with E-state index >= 15 is 0 Å². The van der Waals surface area contributed by atoms with Crippen LogP contribution in [-0.2, 0) is 22.2 Å². The summed E-state index contributed by atoms with van der Waals surface area (Å²) in [4.78, 5) is 0. The lowest BCUT2D eigenvalue weighted by molar-refractivity contribution is -0.141. The molecule has 0 spiro atoms. The van der Waals surface area contributed by atoms with Crippen LogP contribution in [0.4, 0.5) is 0 Å². The summed E-state index contributed by atoms with van der Waals surface area (Å²) in [5, 5.41) is 69.0. The molecule has 8 nitrogen and oxygen atoms in total. The summed E-state index contributed by atoms with van der Waals surface area (Å²) >= 11 is 6.09. The SMILES string of the molecule is OC[C@@H]1[C@@H](O)[C@H](O)C[S+]1C[C@@H](O)[C@H](OCc1ccccc1Cl)[C@H](O)[C@@H](O)CO. The molecule has 28 heavy (non-hydrogen) atoms. The smallest absolute Gasteiger partial charge is 0.169 e. The first-order valence-electron chi connectivity index (χ1n) is 8.93. The van der Waals surface area contributed by atoms with Crippen molar-refractivity contribution >= 4 is 22.5 Å². The fourth-order valence-corrected chi connectivity index (χ4v) is 6.04. The zero-order valence-electron chi connectivity index (χ0n) is 15.2. The number of halogens is 1. The lowest BCUT2D eigenvalue weighted by Crippen LogP contribution is -2.50. The minimum atomic E-state index is -1.57. The first-order valence-corrected chi connectivity index (χ1v) is 10.9. The maximum atomic E-state index is 10.7. The lowest BCUT2D eigenvalue weighted by atomic mass is 10.0. The van der Waals surface area contributed by atoms with E-state index < -0.39 is 59.4 Å². The van der Waals surface area contributed by atoms with Crippen molar-refractivity contribution in [1.29, 1.82) is 0 Å². The van der Waals surface area contributed by atoms with Crippen molar-refractivity contribution in [2.24, 2.45) is 0 Å². The highest BCUT2D eigenvalue weighted by molar-refractivity contribution is 7.97. The van der Waals surface area contributed by atoms with Crippen molar-refractivity contribution in [1.82, 2.24) is 0 Å². The molecule has 2 rings (SSSR count). The van der Waals surface area contributed by atoms with Crippen molar-refractivity contribution in [2.75, 3.05) is 24.7 Å². The van der Waals surface area contributed by atoms with E-state index in [0.29, 0.717) is 10.6 Å². The molecule has 0 aromatic heterocycles. The second kappa shape index (κ2) is 11.1. The Morgan fingerprint density at radius 2 is 1.79 bits per heavy atom. The Morgan fingerprint density at radius 1 is 1.11 bits per heavy atom. The summed E-state index contributed by atoms with van der Waals surface area (Å²) in [6.07, 6.45) is -7.70. The van der Waals surface area contributed by atoms with Crippen LogP contribution in [0.2, 0.25) is 5.02 Å². The molecule has 1 unspecified atom stereocenters. The maximum absolute atomic E-state index is 10.7. The highest BCUT2D eigenvalue weighted by Gasteiger charge is 2.51. The van der Waals surface area contributed by atoms with Gasteiger partial charge in [-0.25, -0.2) is 0 Å². The molecular weight excluding hydrogens is 412 g/mol. The van der Waals surface area contributed by atoms with Crippen LogP contribution in [0.1, 0.15) is 5.56 Å².